The van der Waals surface area contributed by atoms with Crippen molar-refractivity contribution >= 4 is 17.7 Å². The van der Waals surface area contributed by atoms with Crippen molar-refractivity contribution in [3.63, 3.8) is 0 Å². The molecule has 0 bridgehead atoms. The van der Waals surface area contributed by atoms with Gasteiger partial charge in [-0.3, -0.25) is 9.69 Å². The molecular formula is C26H33N5OS. The van der Waals surface area contributed by atoms with Crippen LogP contribution in [0.3, 0.4) is 0 Å². The summed E-state index contributed by atoms with van der Waals surface area (Å²) in [6.07, 6.45) is 3.80. The maximum atomic E-state index is 12.9. The monoisotopic (exact) mass is 463 g/mol. The quantitative estimate of drug-likeness (QED) is 0.441. The van der Waals surface area contributed by atoms with Crippen LogP contribution in [0.15, 0.2) is 59.8 Å². The molecule has 2 heterocycles. The van der Waals surface area contributed by atoms with Crippen molar-refractivity contribution < 1.29 is 4.79 Å². The summed E-state index contributed by atoms with van der Waals surface area (Å²) < 4.78 is 2.18. The Bertz CT molecular complexity index is 1050. The molecule has 3 aromatic rings. The van der Waals surface area contributed by atoms with Crippen LogP contribution in [-0.2, 0) is 24.4 Å². The number of hydrogen-bond donors (Lipinski definition) is 0. The van der Waals surface area contributed by atoms with Gasteiger partial charge in [-0.15, -0.1) is 10.2 Å². The normalized spacial score (nSPS) is 14.4. The molecule has 0 aliphatic carbocycles. The van der Waals surface area contributed by atoms with E-state index >= 15 is 0 Å². The minimum Gasteiger partial charge on any atom is -0.341 e. The van der Waals surface area contributed by atoms with Gasteiger partial charge in [-0.1, -0.05) is 72.8 Å². The number of thioether (sulfide) groups is 1. The van der Waals surface area contributed by atoms with Gasteiger partial charge in [0.05, 0.1) is 18.8 Å². The number of aryl methyl sites for hydroxylation is 1. The first kappa shape index (κ1) is 23.5. The van der Waals surface area contributed by atoms with Crippen LogP contribution in [-0.4, -0.2) is 56.4 Å². The largest absolute Gasteiger partial charge is 0.341 e. The highest BCUT2D eigenvalue weighted by Gasteiger charge is 2.19. The summed E-state index contributed by atoms with van der Waals surface area (Å²) >= 11 is 1.48. The second-order valence-corrected chi connectivity index (χ2v) is 9.71. The number of benzene rings is 2. The Labute approximate surface area is 201 Å². The number of piperidine rings is 1. The number of carbonyl (C=O) groups excluding carboxylic acids is 1. The van der Waals surface area contributed by atoms with E-state index in [-0.39, 0.29) is 5.91 Å². The fourth-order valence-electron chi connectivity index (χ4n) is 4.15. The Morgan fingerprint density at radius 1 is 0.970 bits per heavy atom. The van der Waals surface area contributed by atoms with Crippen molar-refractivity contribution in [1.29, 1.82) is 0 Å². The third kappa shape index (κ3) is 6.45. The highest BCUT2D eigenvalue weighted by Crippen LogP contribution is 2.22. The minimum absolute atomic E-state index is 0.0927. The van der Waals surface area contributed by atoms with Gasteiger partial charge in [0, 0.05) is 13.6 Å². The molecule has 0 atom stereocenters. The van der Waals surface area contributed by atoms with E-state index in [1.807, 2.05) is 25.2 Å². The van der Waals surface area contributed by atoms with Crippen LogP contribution in [0.25, 0.3) is 0 Å². The van der Waals surface area contributed by atoms with Crippen molar-refractivity contribution in [2.75, 3.05) is 25.9 Å². The molecule has 4 rings (SSSR count). The maximum absolute atomic E-state index is 12.9. The molecule has 1 fully saturated rings. The van der Waals surface area contributed by atoms with Crippen LogP contribution in [0.5, 0.6) is 0 Å². The predicted molar refractivity (Wildman–Crippen MR) is 133 cm³/mol. The zero-order chi connectivity index (χ0) is 23.0. The molecule has 0 unspecified atom stereocenters. The maximum Gasteiger partial charge on any atom is 0.233 e. The van der Waals surface area contributed by atoms with E-state index in [0.717, 1.165) is 30.6 Å². The average Bonchev–Trinajstić information content (AvgIpc) is 3.21. The summed E-state index contributed by atoms with van der Waals surface area (Å²) in [6, 6.07) is 18.6. The van der Waals surface area contributed by atoms with Crippen molar-refractivity contribution in [3.05, 3.63) is 77.1 Å². The Hall–Kier alpha value is -2.64. The average molecular weight is 464 g/mol. The van der Waals surface area contributed by atoms with Gasteiger partial charge in [0.2, 0.25) is 5.91 Å². The number of rotatable bonds is 9. The van der Waals surface area contributed by atoms with Gasteiger partial charge in [0.25, 0.3) is 0 Å². The first-order chi connectivity index (χ1) is 16.1. The van der Waals surface area contributed by atoms with Crippen LogP contribution in [0, 0.1) is 6.92 Å². The summed E-state index contributed by atoms with van der Waals surface area (Å²) in [6.45, 7) is 6.45. The standard InChI is InChI=1S/C26H33N5OS/c1-21-11-7-8-14-23(21)18-29(2)25(32)20-33-26-28-27-24(19-30-15-9-4-10-16-30)31(26)17-22-12-5-3-6-13-22/h3,5-8,11-14H,4,9-10,15-20H2,1-2H3. The minimum atomic E-state index is 0.0927. The molecular weight excluding hydrogens is 430 g/mol. The fourth-order valence-corrected chi connectivity index (χ4v) is 5.05. The van der Waals surface area contributed by atoms with Gasteiger partial charge >= 0.3 is 0 Å². The number of nitrogens with zero attached hydrogens (tertiary/aromatic N) is 5. The summed E-state index contributed by atoms with van der Waals surface area (Å²) in [4.78, 5) is 17.1. The molecule has 1 saturated heterocycles. The molecule has 0 spiro atoms. The fraction of sp³-hybridized carbons (Fsp3) is 0.423. The van der Waals surface area contributed by atoms with Crippen LogP contribution < -0.4 is 0 Å². The molecule has 174 valence electrons. The lowest BCUT2D eigenvalue weighted by Gasteiger charge is -2.26. The van der Waals surface area contributed by atoms with Gasteiger partial charge in [-0.2, -0.15) is 0 Å². The summed E-state index contributed by atoms with van der Waals surface area (Å²) in [5.74, 6) is 1.41. The van der Waals surface area contributed by atoms with Crippen molar-refractivity contribution in [2.45, 2.75) is 51.0 Å². The molecule has 7 heteroatoms. The summed E-state index contributed by atoms with van der Waals surface area (Å²) in [5, 5.41) is 9.83. The molecule has 0 saturated carbocycles. The van der Waals surface area contributed by atoms with Gasteiger partial charge < -0.3 is 9.47 Å². The number of amides is 1. The second kappa shape index (κ2) is 11.5. The van der Waals surface area contributed by atoms with E-state index < -0.39 is 0 Å². The topological polar surface area (TPSA) is 54.3 Å². The molecule has 1 aliphatic heterocycles. The molecule has 1 aromatic heterocycles. The molecule has 1 aliphatic rings. The van der Waals surface area contributed by atoms with Gasteiger partial charge in [-0.05, 0) is 49.5 Å². The number of aromatic nitrogens is 3. The van der Waals surface area contributed by atoms with Crippen molar-refractivity contribution in [3.8, 4) is 0 Å². The Morgan fingerprint density at radius 2 is 1.70 bits per heavy atom. The zero-order valence-electron chi connectivity index (χ0n) is 19.6. The molecule has 33 heavy (non-hydrogen) atoms. The van der Waals surface area contributed by atoms with Crippen LogP contribution in [0.2, 0.25) is 0 Å². The van der Waals surface area contributed by atoms with Gasteiger partial charge in [0.1, 0.15) is 5.82 Å². The SMILES string of the molecule is Cc1ccccc1CN(C)C(=O)CSc1nnc(CN2CCCCC2)n1Cc1ccccc1. The van der Waals surface area contributed by atoms with E-state index in [1.165, 1.54) is 47.7 Å². The Kier molecular flexibility index (Phi) is 8.18. The highest BCUT2D eigenvalue weighted by molar-refractivity contribution is 7.99. The smallest absolute Gasteiger partial charge is 0.233 e. The van der Waals surface area contributed by atoms with Crippen LogP contribution in [0.4, 0.5) is 0 Å². The Balaban J connectivity index is 1.44. The van der Waals surface area contributed by atoms with Crippen LogP contribution >= 0.6 is 11.8 Å². The van der Waals surface area contributed by atoms with E-state index in [2.05, 4.69) is 63.0 Å². The third-order valence-corrected chi connectivity index (χ3v) is 7.16. The van der Waals surface area contributed by atoms with E-state index in [0.29, 0.717) is 18.8 Å². The molecule has 0 N–H and O–H groups in total. The lowest BCUT2D eigenvalue weighted by molar-refractivity contribution is -0.127. The molecule has 6 nitrogen and oxygen atoms in total. The first-order valence-corrected chi connectivity index (χ1v) is 12.7. The van der Waals surface area contributed by atoms with Crippen LogP contribution in [0.1, 0.15) is 41.8 Å². The van der Waals surface area contributed by atoms with Gasteiger partial charge in [-0.25, -0.2) is 0 Å². The summed E-state index contributed by atoms with van der Waals surface area (Å²) in [7, 11) is 1.87. The third-order valence-electron chi connectivity index (χ3n) is 6.21. The number of likely N-dealkylation sites (tertiary alicyclic amines) is 1. The number of carbonyl (C=O) groups is 1. The first-order valence-electron chi connectivity index (χ1n) is 11.7. The summed E-state index contributed by atoms with van der Waals surface area (Å²) in [5.41, 5.74) is 3.59. The molecule has 1 amide bonds. The molecule has 0 radical (unpaired) electrons. The van der Waals surface area contributed by atoms with Crippen molar-refractivity contribution in [2.24, 2.45) is 0 Å². The van der Waals surface area contributed by atoms with E-state index in [9.17, 15) is 4.79 Å². The van der Waals surface area contributed by atoms with E-state index in [4.69, 9.17) is 0 Å². The predicted octanol–water partition coefficient (Wildman–Crippen LogP) is 4.37. The zero-order valence-corrected chi connectivity index (χ0v) is 20.4. The van der Waals surface area contributed by atoms with E-state index in [1.54, 1.807) is 4.90 Å². The lowest BCUT2D eigenvalue weighted by Crippen LogP contribution is -2.30. The second-order valence-electron chi connectivity index (χ2n) is 8.77. The lowest BCUT2D eigenvalue weighted by atomic mass is 10.1. The van der Waals surface area contributed by atoms with Crippen molar-refractivity contribution in [1.82, 2.24) is 24.6 Å². The highest BCUT2D eigenvalue weighted by atomic mass is 32.2. The molecule has 2 aromatic carbocycles. The number of hydrogen-bond acceptors (Lipinski definition) is 5. The Morgan fingerprint density at radius 3 is 2.45 bits per heavy atom. The van der Waals surface area contributed by atoms with Gasteiger partial charge in [0.15, 0.2) is 5.16 Å².